The molecule has 0 atom stereocenters. The molecular formula is C12H17NO2. The van der Waals surface area contributed by atoms with Gasteiger partial charge in [0.2, 0.25) is 0 Å². The van der Waals surface area contributed by atoms with Gasteiger partial charge in [0, 0.05) is 11.6 Å². The number of amides is 1. The largest absolute Gasteiger partial charge is 0.459 e. The Labute approximate surface area is 90.1 Å². The van der Waals surface area contributed by atoms with Gasteiger partial charge in [-0.1, -0.05) is 13.8 Å². The first-order valence-electron chi connectivity index (χ1n) is 5.43. The van der Waals surface area contributed by atoms with E-state index in [1.807, 2.05) is 18.7 Å². The van der Waals surface area contributed by atoms with Gasteiger partial charge in [0.25, 0.3) is 5.91 Å². The minimum atomic E-state index is 0.0342. The van der Waals surface area contributed by atoms with Gasteiger partial charge in [0.15, 0.2) is 5.76 Å². The topological polar surface area (TPSA) is 33.5 Å². The molecule has 1 aromatic rings. The van der Waals surface area contributed by atoms with Gasteiger partial charge in [-0.2, -0.15) is 0 Å². The van der Waals surface area contributed by atoms with E-state index >= 15 is 0 Å². The van der Waals surface area contributed by atoms with E-state index in [1.165, 1.54) is 5.56 Å². The van der Waals surface area contributed by atoms with Crippen LogP contribution in [-0.4, -0.2) is 16.8 Å². The highest BCUT2D eigenvalue weighted by atomic mass is 16.3. The Bertz CT molecular complexity index is 390. The van der Waals surface area contributed by atoms with Gasteiger partial charge in [0.1, 0.15) is 0 Å². The lowest BCUT2D eigenvalue weighted by atomic mass is 10.0. The Morgan fingerprint density at radius 3 is 2.53 bits per heavy atom. The van der Waals surface area contributed by atoms with E-state index < -0.39 is 0 Å². The van der Waals surface area contributed by atoms with Crippen LogP contribution in [-0.2, 0) is 6.54 Å². The van der Waals surface area contributed by atoms with Gasteiger partial charge in [-0.25, -0.2) is 0 Å². The smallest absolute Gasteiger partial charge is 0.290 e. The summed E-state index contributed by atoms with van der Waals surface area (Å²) in [6.45, 7) is 8.99. The van der Waals surface area contributed by atoms with E-state index in [-0.39, 0.29) is 11.9 Å². The molecule has 1 aliphatic heterocycles. The molecule has 0 fully saturated rings. The van der Waals surface area contributed by atoms with Crippen LogP contribution >= 0.6 is 0 Å². The lowest BCUT2D eigenvalue weighted by Gasteiger charge is -2.20. The van der Waals surface area contributed by atoms with Crippen molar-refractivity contribution in [3.05, 3.63) is 23.2 Å². The quantitative estimate of drug-likeness (QED) is 0.747. The Morgan fingerprint density at radius 2 is 2.00 bits per heavy atom. The van der Waals surface area contributed by atoms with Gasteiger partial charge in [-0.05, 0) is 25.3 Å². The number of hydrogen-bond donors (Lipinski definition) is 0. The van der Waals surface area contributed by atoms with Crippen molar-refractivity contribution in [2.24, 2.45) is 0 Å². The van der Waals surface area contributed by atoms with Crippen LogP contribution in [0.5, 0.6) is 0 Å². The molecule has 3 nitrogen and oxygen atoms in total. The standard InChI is InChI=1S/C12H17NO2/c1-7(2)10-6-15-11-9(10)5-13(8(3)4)12(11)14/h6-8H,5H2,1-4H3. The number of rotatable bonds is 2. The fraction of sp³-hybridized carbons (Fsp3) is 0.583. The maximum Gasteiger partial charge on any atom is 0.290 e. The SMILES string of the molecule is CC(C)c1coc2c1CN(C(C)C)C2=O. The molecule has 3 heteroatoms. The van der Waals surface area contributed by atoms with Crippen LogP contribution in [0.25, 0.3) is 0 Å². The lowest BCUT2D eigenvalue weighted by molar-refractivity contribution is 0.0704. The summed E-state index contributed by atoms with van der Waals surface area (Å²) in [5, 5.41) is 0. The minimum Gasteiger partial charge on any atom is -0.459 e. The van der Waals surface area contributed by atoms with E-state index in [1.54, 1.807) is 6.26 Å². The summed E-state index contributed by atoms with van der Waals surface area (Å²) in [4.78, 5) is 13.8. The van der Waals surface area contributed by atoms with Crippen molar-refractivity contribution in [3.8, 4) is 0 Å². The molecule has 0 spiro atoms. The number of nitrogens with zero attached hydrogens (tertiary/aromatic N) is 1. The molecule has 82 valence electrons. The van der Waals surface area contributed by atoms with E-state index in [2.05, 4.69) is 13.8 Å². The van der Waals surface area contributed by atoms with Crippen molar-refractivity contribution in [3.63, 3.8) is 0 Å². The second-order valence-electron chi connectivity index (χ2n) is 4.68. The molecule has 0 bridgehead atoms. The molecular weight excluding hydrogens is 190 g/mol. The van der Waals surface area contributed by atoms with Gasteiger partial charge in [-0.15, -0.1) is 0 Å². The first-order chi connectivity index (χ1) is 7.02. The lowest BCUT2D eigenvalue weighted by Crippen LogP contribution is -2.31. The van der Waals surface area contributed by atoms with Crippen LogP contribution in [0.1, 0.15) is 55.3 Å². The van der Waals surface area contributed by atoms with Crippen molar-refractivity contribution in [2.45, 2.75) is 46.2 Å². The molecule has 0 aromatic carbocycles. The van der Waals surface area contributed by atoms with Gasteiger partial charge >= 0.3 is 0 Å². The molecule has 2 heterocycles. The molecule has 1 aliphatic rings. The zero-order valence-electron chi connectivity index (χ0n) is 9.70. The molecule has 0 unspecified atom stereocenters. The summed E-state index contributed by atoms with van der Waals surface area (Å²) in [5.41, 5.74) is 2.25. The maximum atomic E-state index is 11.9. The van der Waals surface area contributed by atoms with E-state index in [4.69, 9.17) is 4.42 Å². The summed E-state index contributed by atoms with van der Waals surface area (Å²) in [6, 6.07) is 0.236. The second-order valence-corrected chi connectivity index (χ2v) is 4.68. The molecule has 0 N–H and O–H groups in total. The van der Waals surface area contributed by atoms with Crippen molar-refractivity contribution in [2.75, 3.05) is 0 Å². The van der Waals surface area contributed by atoms with Crippen LogP contribution in [0, 0.1) is 0 Å². The average Bonchev–Trinajstić information content (AvgIpc) is 2.66. The first-order valence-corrected chi connectivity index (χ1v) is 5.43. The third-order valence-electron chi connectivity index (χ3n) is 2.96. The molecule has 1 amide bonds. The van der Waals surface area contributed by atoms with E-state index in [0.29, 0.717) is 18.2 Å². The minimum absolute atomic E-state index is 0.0342. The zero-order chi connectivity index (χ0) is 11.2. The van der Waals surface area contributed by atoms with Gasteiger partial charge < -0.3 is 9.32 Å². The van der Waals surface area contributed by atoms with Crippen LogP contribution in [0.15, 0.2) is 10.7 Å². The number of furan rings is 1. The highest BCUT2D eigenvalue weighted by Crippen LogP contribution is 2.32. The Kier molecular flexibility index (Phi) is 2.33. The Balaban J connectivity index is 2.38. The van der Waals surface area contributed by atoms with Crippen LogP contribution in [0.4, 0.5) is 0 Å². The van der Waals surface area contributed by atoms with Gasteiger partial charge in [0.05, 0.1) is 12.8 Å². The number of carbonyl (C=O) groups is 1. The third-order valence-corrected chi connectivity index (χ3v) is 2.96. The monoisotopic (exact) mass is 207 g/mol. The summed E-state index contributed by atoms with van der Waals surface area (Å²) in [5.74, 6) is 0.997. The highest BCUT2D eigenvalue weighted by molar-refractivity contribution is 5.96. The average molecular weight is 207 g/mol. The van der Waals surface area contributed by atoms with Crippen LogP contribution < -0.4 is 0 Å². The van der Waals surface area contributed by atoms with E-state index in [9.17, 15) is 4.79 Å². The fourth-order valence-corrected chi connectivity index (χ4v) is 2.01. The second kappa shape index (κ2) is 3.40. The molecule has 0 saturated carbocycles. The van der Waals surface area contributed by atoms with Crippen molar-refractivity contribution in [1.82, 2.24) is 4.90 Å². The molecule has 1 aromatic heterocycles. The predicted molar refractivity (Wildman–Crippen MR) is 57.8 cm³/mol. The molecule has 0 aliphatic carbocycles. The molecule has 15 heavy (non-hydrogen) atoms. The summed E-state index contributed by atoms with van der Waals surface area (Å²) in [7, 11) is 0. The van der Waals surface area contributed by atoms with E-state index in [0.717, 1.165) is 5.56 Å². The fourth-order valence-electron chi connectivity index (χ4n) is 2.01. The summed E-state index contributed by atoms with van der Waals surface area (Å²) in [6.07, 6.45) is 1.73. The Hall–Kier alpha value is -1.25. The van der Waals surface area contributed by atoms with Crippen molar-refractivity contribution >= 4 is 5.91 Å². The maximum absolute atomic E-state index is 11.9. The van der Waals surface area contributed by atoms with Crippen molar-refractivity contribution < 1.29 is 9.21 Å². The normalized spacial score (nSPS) is 15.6. The molecule has 0 saturated heterocycles. The summed E-state index contributed by atoms with van der Waals surface area (Å²) < 4.78 is 5.37. The molecule has 0 radical (unpaired) electrons. The highest BCUT2D eigenvalue weighted by Gasteiger charge is 2.34. The van der Waals surface area contributed by atoms with Gasteiger partial charge in [-0.3, -0.25) is 4.79 Å². The number of hydrogen-bond acceptors (Lipinski definition) is 2. The predicted octanol–water partition coefficient (Wildman–Crippen LogP) is 2.77. The number of fused-ring (bicyclic) bond motifs is 1. The molecule has 2 rings (SSSR count). The zero-order valence-corrected chi connectivity index (χ0v) is 9.70. The first kappa shape index (κ1) is 10.3. The van der Waals surface area contributed by atoms with Crippen molar-refractivity contribution in [1.29, 1.82) is 0 Å². The summed E-state index contributed by atoms with van der Waals surface area (Å²) >= 11 is 0. The number of carbonyl (C=O) groups excluding carboxylic acids is 1. The third kappa shape index (κ3) is 1.46. The van der Waals surface area contributed by atoms with Crippen LogP contribution in [0.3, 0.4) is 0 Å². The Morgan fingerprint density at radius 1 is 1.33 bits per heavy atom. The van der Waals surface area contributed by atoms with Crippen LogP contribution in [0.2, 0.25) is 0 Å².